The van der Waals surface area contributed by atoms with E-state index in [-0.39, 0.29) is 5.41 Å². The molecule has 0 bridgehead atoms. The molecule has 1 nitrogen and oxygen atoms in total. The van der Waals surface area contributed by atoms with Crippen molar-refractivity contribution in [2.45, 2.75) is 58.3 Å². The first-order chi connectivity index (χ1) is 12.1. The molecule has 1 aromatic carbocycles. The average molecular weight is 332 g/mol. The molecule has 1 atom stereocenters. The van der Waals surface area contributed by atoms with E-state index >= 15 is 0 Å². The molecule has 0 aliphatic heterocycles. The van der Waals surface area contributed by atoms with Crippen molar-refractivity contribution in [1.29, 1.82) is 0 Å². The van der Waals surface area contributed by atoms with Gasteiger partial charge in [-0.2, -0.15) is 0 Å². The molecule has 0 N–H and O–H groups in total. The van der Waals surface area contributed by atoms with Gasteiger partial charge in [-0.1, -0.05) is 57.0 Å². The summed E-state index contributed by atoms with van der Waals surface area (Å²) >= 11 is 0. The van der Waals surface area contributed by atoms with Crippen molar-refractivity contribution in [2.24, 2.45) is 0 Å². The van der Waals surface area contributed by atoms with Crippen LogP contribution in [0.15, 0.2) is 61.0 Å². The summed E-state index contributed by atoms with van der Waals surface area (Å²) in [6.45, 7) is 10.9. The Hall–Kier alpha value is -2.15. The summed E-state index contributed by atoms with van der Waals surface area (Å²) in [5, 5.41) is 0. The fourth-order valence-corrected chi connectivity index (χ4v) is 4.26. The van der Waals surface area contributed by atoms with Crippen LogP contribution in [-0.4, -0.2) is 4.98 Å². The number of aryl methyl sites for hydroxylation is 1. The molecule has 1 aliphatic carbocycles. The number of aromatic nitrogens is 1. The smallest absolute Gasteiger partial charge is 0.0433 e. The largest absolute Gasteiger partial charge is 0.265 e. The molecule has 3 rings (SSSR count). The fraction of sp³-hybridized carbons (Fsp3) is 0.375. The molecule has 2 aromatic rings. The van der Waals surface area contributed by atoms with Gasteiger partial charge in [-0.25, -0.2) is 0 Å². The highest BCUT2D eigenvalue weighted by Gasteiger charge is 2.40. The van der Waals surface area contributed by atoms with Crippen LogP contribution in [0, 0.1) is 0 Å². The number of hydrogen-bond donors (Lipinski definition) is 0. The minimum Gasteiger partial charge on any atom is -0.265 e. The third-order valence-corrected chi connectivity index (χ3v) is 5.75. The highest BCUT2D eigenvalue weighted by atomic mass is 14.6. The van der Waals surface area contributed by atoms with Crippen LogP contribution in [-0.2, 0) is 11.8 Å². The van der Waals surface area contributed by atoms with Crippen molar-refractivity contribution in [2.75, 3.05) is 0 Å². The number of fused-ring (bicyclic) bond motifs is 1. The fourth-order valence-electron chi connectivity index (χ4n) is 4.26. The maximum absolute atomic E-state index is 4.21. The molecule has 0 amide bonds. The average Bonchev–Trinajstić information content (AvgIpc) is 2.87. The van der Waals surface area contributed by atoms with Crippen LogP contribution in [0.5, 0.6) is 0 Å². The van der Waals surface area contributed by atoms with E-state index in [0.29, 0.717) is 0 Å². The maximum Gasteiger partial charge on any atom is 0.0433 e. The molecule has 1 heteroatoms. The molecule has 0 saturated heterocycles. The van der Waals surface area contributed by atoms with Gasteiger partial charge in [0.05, 0.1) is 0 Å². The molecule has 1 aliphatic rings. The molecule has 1 unspecified atom stereocenters. The maximum atomic E-state index is 4.21. The van der Waals surface area contributed by atoms with Crippen molar-refractivity contribution in [3.63, 3.8) is 0 Å². The normalized spacial score (nSPS) is 19.2. The third kappa shape index (κ3) is 3.08. The van der Waals surface area contributed by atoms with E-state index < -0.39 is 0 Å². The van der Waals surface area contributed by atoms with E-state index in [0.717, 1.165) is 0 Å². The van der Waals surface area contributed by atoms with E-state index in [4.69, 9.17) is 0 Å². The Bertz CT molecular complexity index is 785. The Morgan fingerprint density at radius 1 is 1.08 bits per heavy atom. The lowest BCUT2D eigenvalue weighted by Gasteiger charge is -2.29. The number of hydrogen-bond acceptors (Lipinski definition) is 1. The minimum atomic E-state index is -0.135. The Labute approximate surface area is 152 Å². The lowest BCUT2D eigenvalue weighted by atomic mass is 9.73. The highest BCUT2D eigenvalue weighted by Crippen LogP contribution is 2.50. The first kappa shape index (κ1) is 17.7. The topological polar surface area (TPSA) is 12.9 Å². The lowest BCUT2D eigenvalue weighted by molar-refractivity contribution is 0.664. The van der Waals surface area contributed by atoms with E-state index in [1.165, 1.54) is 65.5 Å². The van der Waals surface area contributed by atoms with Crippen LogP contribution >= 0.6 is 0 Å². The van der Waals surface area contributed by atoms with Crippen LogP contribution in [0.3, 0.4) is 0 Å². The van der Waals surface area contributed by atoms with E-state index in [2.05, 4.69) is 62.7 Å². The summed E-state index contributed by atoms with van der Waals surface area (Å²) in [7, 11) is 0. The summed E-state index contributed by atoms with van der Waals surface area (Å²) in [5.74, 6) is 0. The van der Waals surface area contributed by atoms with E-state index in [9.17, 15) is 0 Å². The number of nitrogens with zero attached hydrogens (tertiary/aromatic N) is 1. The molecule has 1 aromatic heterocycles. The second kappa shape index (κ2) is 7.39. The first-order valence-electron chi connectivity index (χ1n) is 9.51. The molecule has 0 fully saturated rings. The molecular formula is C24H29N. The van der Waals surface area contributed by atoms with Crippen molar-refractivity contribution < 1.29 is 0 Å². The van der Waals surface area contributed by atoms with E-state index in [1.807, 2.05) is 18.5 Å². The van der Waals surface area contributed by atoms with E-state index in [1.54, 1.807) is 0 Å². The van der Waals surface area contributed by atoms with Crippen molar-refractivity contribution in [3.8, 4) is 0 Å². The van der Waals surface area contributed by atoms with Gasteiger partial charge in [0.1, 0.15) is 0 Å². The number of unbranched alkanes of at least 4 members (excludes halogenated alkanes) is 3. The van der Waals surface area contributed by atoms with Gasteiger partial charge in [0.2, 0.25) is 0 Å². The first-order valence-corrected chi connectivity index (χ1v) is 9.51. The summed E-state index contributed by atoms with van der Waals surface area (Å²) in [5.41, 5.74) is 8.06. The number of rotatable bonds is 7. The lowest BCUT2D eigenvalue weighted by Crippen LogP contribution is -2.23. The zero-order chi connectivity index (χ0) is 17.9. The summed E-state index contributed by atoms with van der Waals surface area (Å²) in [6.07, 6.45) is 12.2. The zero-order valence-electron chi connectivity index (χ0n) is 15.8. The van der Waals surface area contributed by atoms with Crippen LogP contribution in [0.4, 0.5) is 0 Å². The molecule has 0 spiro atoms. The number of allylic oxidation sites excluding steroid dienone is 3. The standard InChI is InChI=1S/C24H29N/c1-5-7-8-9-10-19-11-12-21-18(3)22(6-2)24(4,23(21)17-19)20-13-15-25-16-14-20/h6,11-17H,2,5,7-10H2,1,3-4H3. The van der Waals surface area contributed by atoms with Crippen LogP contribution in [0.2, 0.25) is 0 Å². The number of benzene rings is 1. The zero-order valence-corrected chi connectivity index (χ0v) is 15.8. The Morgan fingerprint density at radius 3 is 2.52 bits per heavy atom. The molecule has 130 valence electrons. The van der Waals surface area contributed by atoms with Gasteiger partial charge in [-0.3, -0.25) is 4.98 Å². The minimum absolute atomic E-state index is 0.135. The summed E-state index contributed by atoms with van der Waals surface area (Å²) in [6, 6.07) is 11.3. The van der Waals surface area contributed by atoms with Crippen LogP contribution < -0.4 is 0 Å². The molecule has 1 heterocycles. The quantitative estimate of drug-likeness (QED) is 0.529. The van der Waals surface area contributed by atoms with Gasteiger partial charge >= 0.3 is 0 Å². The van der Waals surface area contributed by atoms with Crippen molar-refractivity contribution in [3.05, 3.63) is 83.2 Å². The third-order valence-electron chi connectivity index (χ3n) is 5.75. The van der Waals surface area contributed by atoms with Gasteiger partial charge < -0.3 is 0 Å². The van der Waals surface area contributed by atoms with Crippen molar-refractivity contribution in [1.82, 2.24) is 4.98 Å². The van der Waals surface area contributed by atoms with Gasteiger partial charge in [-0.15, -0.1) is 0 Å². The van der Waals surface area contributed by atoms with Crippen LogP contribution in [0.1, 0.15) is 68.7 Å². The number of pyridine rings is 1. The SMILES string of the molecule is C=CC1=C(C)c2ccc(CCCCCC)cc2C1(C)c1ccncc1. The molecular weight excluding hydrogens is 302 g/mol. The monoisotopic (exact) mass is 331 g/mol. The van der Waals surface area contributed by atoms with Gasteiger partial charge in [0, 0.05) is 17.8 Å². The Morgan fingerprint density at radius 2 is 1.84 bits per heavy atom. The summed E-state index contributed by atoms with van der Waals surface area (Å²) in [4.78, 5) is 4.21. The molecule has 25 heavy (non-hydrogen) atoms. The predicted octanol–water partition coefficient (Wildman–Crippen LogP) is 6.48. The molecule has 0 radical (unpaired) electrons. The van der Waals surface area contributed by atoms with Crippen molar-refractivity contribution >= 4 is 5.57 Å². The van der Waals surface area contributed by atoms with Crippen LogP contribution in [0.25, 0.3) is 5.57 Å². The Kier molecular flexibility index (Phi) is 5.22. The Balaban J connectivity index is 2.02. The second-order valence-corrected chi connectivity index (χ2v) is 7.29. The highest BCUT2D eigenvalue weighted by molar-refractivity contribution is 5.83. The van der Waals surface area contributed by atoms with Gasteiger partial charge in [0.25, 0.3) is 0 Å². The second-order valence-electron chi connectivity index (χ2n) is 7.29. The molecule has 0 saturated carbocycles. The van der Waals surface area contributed by atoms with Gasteiger partial charge in [0.15, 0.2) is 0 Å². The van der Waals surface area contributed by atoms with Gasteiger partial charge in [-0.05, 0) is 72.2 Å². The summed E-state index contributed by atoms with van der Waals surface area (Å²) < 4.78 is 0. The predicted molar refractivity (Wildman–Crippen MR) is 108 cm³/mol.